The second kappa shape index (κ2) is 6.93. The minimum Gasteiger partial charge on any atom is -0.372 e. The highest BCUT2D eigenvalue weighted by Crippen LogP contribution is 2.34. The monoisotopic (exact) mass is 293 g/mol. The lowest BCUT2D eigenvalue weighted by Crippen LogP contribution is -2.54. The van der Waals surface area contributed by atoms with Gasteiger partial charge in [0.25, 0.3) is 0 Å². The highest BCUT2D eigenvalue weighted by molar-refractivity contribution is 5.77. The number of amides is 1. The zero-order valence-corrected chi connectivity index (χ0v) is 12.8. The first-order valence-electron chi connectivity index (χ1n) is 8.43. The normalized spacial score (nSPS) is 33.1. The Kier molecular flexibility index (Phi) is 4.96. The van der Waals surface area contributed by atoms with Crippen LogP contribution in [0.4, 0.5) is 0 Å². The van der Waals surface area contributed by atoms with E-state index < -0.39 is 0 Å². The summed E-state index contributed by atoms with van der Waals surface area (Å²) in [5, 5.41) is 0. The van der Waals surface area contributed by atoms with Crippen LogP contribution >= 0.6 is 0 Å². The Labute approximate surface area is 127 Å². The minimum absolute atomic E-state index is 0.0613. The number of carbonyl (C=O) groups is 1. The van der Waals surface area contributed by atoms with Gasteiger partial charge in [0.2, 0.25) is 5.91 Å². The summed E-state index contributed by atoms with van der Waals surface area (Å²) >= 11 is 0. The standard InChI is InChI=1S/C17H27NO3/c1-2-10-20-15-8-7-14-17(15)21-11-9-18(14)16(19)12-13-5-3-4-6-13/h2,13-15,17H,1,3-12H2/t14-,15-,17+/m0/s1. The van der Waals surface area contributed by atoms with E-state index in [9.17, 15) is 4.79 Å². The van der Waals surface area contributed by atoms with E-state index in [1.54, 1.807) is 6.08 Å². The fraction of sp³-hybridized carbons (Fsp3) is 0.824. The van der Waals surface area contributed by atoms with E-state index in [1.807, 2.05) is 0 Å². The van der Waals surface area contributed by atoms with Crippen molar-refractivity contribution < 1.29 is 14.3 Å². The van der Waals surface area contributed by atoms with Crippen LogP contribution in [0.15, 0.2) is 12.7 Å². The van der Waals surface area contributed by atoms with Gasteiger partial charge in [-0.3, -0.25) is 4.79 Å². The van der Waals surface area contributed by atoms with Gasteiger partial charge in [0, 0.05) is 13.0 Å². The third-order valence-electron chi connectivity index (χ3n) is 5.22. The zero-order chi connectivity index (χ0) is 14.7. The van der Waals surface area contributed by atoms with Gasteiger partial charge >= 0.3 is 0 Å². The van der Waals surface area contributed by atoms with Gasteiger partial charge in [0.1, 0.15) is 6.10 Å². The molecule has 0 bridgehead atoms. The van der Waals surface area contributed by atoms with Crippen molar-refractivity contribution in [3.8, 4) is 0 Å². The van der Waals surface area contributed by atoms with Crippen LogP contribution in [0.5, 0.6) is 0 Å². The SMILES string of the molecule is C=CCO[C@H]1CC[C@H]2[C@H]1OCCN2C(=O)CC1CCCC1. The van der Waals surface area contributed by atoms with Crippen LogP contribution in [-0.4, -0.2) is 48.8 Å². The van der Waals surface area contributed by atoms with E-state index in [0.717, 1.165) is 25.8 Å². The Balaban J connectivity index is 1.58. The lowest BCUT2D eigenvalue weighted by Gasteiger charge is -2.39. The van der Waals surface area contributed by atoms with Gasteiger partial charge in [0.15, 0.2) is 0 Å². The highest BCUT2D eigenvalue weighted by atomic mass is 16.5. The van der Waals surface area contributed by atoms with E-state index in [2.05, 4.69) is 11.5 Å². The van der Waals surface area contributed by atoms with Gasteiger partial charge in [-0.2, -0.15) is 0 Å². The number of rotatable bonds is 5. The molecule has 2 aliphatic carbocycles. The predicted octanol–water partition coefficient (Wildman–Crippen LogP) is 2.53. The average molecular weight is 293 g/mol. The van der Waals surface area contributed by atoms with Crippen LogP contribution in [0.1, 0.15) is 44.9 Å². The molecule has 2 saturated carbocycles. The molecule has 21 heavy (non-hydrogen) atoms. The lowest BCUT2D eigenvalue weighted by atomic mass is 10.0. The number of ether oxygens (including phenoxy) is 2. The van der Waals surface area contributed by atoms with Gasteiger partial charge in [-0.05, 0) is 31.6 Å². The Morgan fingerprint density at radius 2 is 2.10 bits per heavy atom. The number of hydrogen-bond acceptors (Lipinski definition) is 3. The van der Waals surface area contributed by atoms with Crippen molar-refractivity contribution in [2.75, 3.05) is 19.8 Å². The molecule has 0 radical (unpaired) electrons. The summed E-state index contributed by atoms with van der Waals surface area (Å²) in [6.07, 6.45) is 9.74. The summed E-state index contributed by atoms with van der Waals surface area (Å²) in [4.78, 5) is 14.7. The van der Waals surface area contributed by atoms with Gasteiger partial charge < -0.3 is 14.4 Å². The number of fused-ring (bicyclic) bond motifs is 1. The first-order valence-corrected chi connectivity index (χ1v) is 8.43. The molecule has 0 N–H and O–H groups in total. The quantitative estimate of drug-likeness (QED) is 0.731. The minimum atomic E-state index is 0.0613. The summed E-state index contributed by atoms with van der Waals surface area (Å²) in [5.74, 6) is 0.956. The van der Waals surface area contributed by atoms with Crippen molar-refractivity contribution >= 4 is 5.91 Å². The van der Waals surface area contributed by atoms with Crippen LogP contribution in [-0.2, 0) is 14.3 Å². The largest absolute Gasteiger partial charge is 0.372 e. The van der Waals surface area contributed by atoms with E-state index >= 15 is 0 Å². The molecule has 3 rings (SSSR count). The molecule has 1 saturated heterocycles. The third-order valence-corrected chi connectivity index (χ3v) is 5.22. The van der Waals surface area contributed by atoms with Crippen molar-refractivity contribution in [3.05, 3.63) is 12.7 Å². The van der Waals surface area contributed by atoms with Crippen LogP contribution in [0.3, 0.4) is 0 Å². The van der Waals surface area contributed by atoms with Crippen molar-refractivity contribution in [1.29, 1.82) is 0 Å². The molecule has 0 aromatic rings. The summed E-state index contributed by atoms with van der Waals surface area (Å²) in [6, 6.07) is 0.225. The number of morpholine rings is 1. The molecule has 0 aromatic heterocycles. The maximum Gasteiger partial charge on any atom is 0.223 e. The fourth-order valence-electron chi connectivity index (χ4n) is 4.17. The first-order chi connectivity index (χ1) is 10.3. The maximum absolute atomic E-state index is 12.6. The number of carbonyl (C=O) groups excluding carboxylic acids is 1. The molecular formula is C17H27NO3. The summed E-state index contributed by atoms with van der Waals surface area (Å²) < 4.78 is 11.7. The van der Waals surface area contributed by atoms with E-state index in [4.69, 9.17) is 9.47 Å². The fourth-order valence-corrected chi connectivity index (χ4v) is 4.17. The van der Waals surface area contributed by atoms with Crippen LogP contribution in [0.25, 0.3) is 0 Å². The molecule has 1 amide bonds. The van der Waals surface area contributed by atoms with Gasteiger partial charge in [-0.25, -0.2) is 0 Å². The van der Waals surface area contributed by atoms with Crippen LogP contribution < -0.4 is 0 Å². The summed E-state index contributed by atoms with van der Waals surface area (Å²) in [7, 11) is 0. The molecule has 3 fully saturated rings. The summed E-state index contributed by atoms with van der Waals surface area (Å²) in [6.45, 7) is 5.65. The molecule has 0 unspecified atom stereocenters. The van der Waals surface area contributed by atoms with E-state index in [0.29, 0.717) is 25.0 Å². The van der Waals surface area contributed by atoms with Gasteiger partial charge in [0.05, 0.1) is 25.4 Å². The second-order valence-corrected chi connectivity index (χ2v) is 6.58. The van der Waals surface area contributed by atoms with Crippen LogP contribution in [0.2, 0.25) is 0 Å². The maximum atomic E-state index is 12.6. The van der Waals surface area contributed by atoms with Crippen LogP contribution in [0, 0.1) is 5.92 Å². The van der Waals surface area contributed by atoms with Gasteiger partial charge in [-0.1, -0.05) is 18.9 Å². The molecule has 1 heterocycles. The Hall–Kier alpha value is -0.870. The number of nitrogens with zero attached hydrogens (tertiary/aromatic N) is 1. The molecule has 4 nitrogen and oxygen atoms in total. The molecule has 3 atom stereocenters. The molecule has 3 aliphatic rings. The lowest BCUT2D eigenvalue weighted by molar-refractivity contribution is -0.151. The molecular weight excluding hydrogens is 266 g/mol. The van der Waals surface area contributed by atoms with Crippen molar-refractivity contribution in [3.63, 3.8) is 0 Å². The van der Waals surface area contributed by atoms with E-state index in [1.165, 1.54) is 25.7 Å². The highest BCUT2D eigenvalue weighted by Gasteiger charge is 2.45. The zero-order valence-electron chi connectivity index (χ0n) is 12.8. The third kappa shape index (κ3) is 3.32. The Morgan fingerprint density at radius 3 is 2.86 bits per heavy atom. The van der Waals surface area contributed by atoms with Crippen molar-refractivity contribution in [2.24, 2.45) is 5.92 Å². The predicted molar refractivity (Wildman–Crippen MR) is 81.0 cm³/mol. The molecule has 0 aromatic carbocycles. The van der Waals surface area contributed by atoms with Crippen molar-refractivity contribution in [2.45, 2.75) is 63.2 Å². The Bertz CT molecular complexity index is 378. The van der Waals surface area contributed by atoms with Crippen molar-refractivity contribution in [1.82, 2.24) is 4.90 Å². The molecule has 1 aliphatic heterocycles. The van der Waals surface area contributed by atoms with Gasteiger partial charge in [-0.15, -0.1) is 6.58 Å². The average Bonchev–Trinajstić information content (AvgIpc) is 3.14. The number of hydrogen-bond donors (Lipinski definition) is 0. The molecule has 4 heteroatoms. The molecule has 118 valence electrons. The Morgan fingerprint density at radius 1 is 1.29 bits per heavy atom. The smallest absolute Gasteiger partial charge is 0.223 e. The topological polar surface area (TPSA) is 38.8 Å². The molecule has 0 spiro atoms. The first kappa shape index (κ1) is 15.0. The second-order valence-electron chi connectivity index (χ2n) is 6.58. The van der Waals surface area contributed by atoms with E-state index in [-0.39, 0.29) is 18.2 Å². The summed E-state index contributed by atoms with van der Waals surface area (Å²) in [5.41, 5.74) is 0.